The van der Waals surface area contributed by atoms with Crippen LogP contribution >= 0.6 is 12.4 Å². The summed E-state index contributed by atoms with van der Waals surface area (Å²) in [5.41, 5.74) is 6.60. The minimum absolute atomic E-state index is 0. The highest BCUT2D eigenvalue weighted by molar-refractivity contribution is 5.85. The molecule has 0 spiro atoms. The molecule has 0 aliphatic heterocycles. The molecule has 0 aliphatic rings. The smallest absolute Gasteiger partial charge is 0.120 e. The Morgan fingerprint density at radius 1 is 1.38 bits per heavy atom. The first kappa shape index (κ1) is 12.3. The van der Waals surface area contributed by atoms with Gasteiger partial charge in [0.15, 0.2) is 0 Å². The molecule has 1 aromatic carbocycles. The Labute approximate surface area is 85.5 Å². The van der Waals surface area contributed by atoms with E-state index < -0.39 is 0 Å². The van der Waals surface area contributed by atoms with Crippen molar-refractivity contribution in [1.82, 2.24) is 0 Å². The Bertz CT molecular complexity index is 250. The predicted octanol–water partition coefficient (Wildman–Crippen LogP) is 2.35. The van der Waals surface area contributed by atoms with E-state index in [0.717, 1.165) is 11.3 Å². The molecule has 1 rings (SSSR count). The van der Waals surface area contributed by atoms with E-state index in [0.29, 0.717) is 6.54 Å². The fourth-order valence-electron chi connectivity index (χ4n) is 1.02. The summed E-state index contributed by atoms with van der Waals surface area (Å²) >= 11 is 0. The minimum Gasteiger partial charge on any atom is -0.491 e. The first-order chi connectivity index (χ1) is 5.72. The van der Waals surface area contributed by atoms with Crippen LogP contribution in [0.25, 0.3) is 0 Å². The van der Waals surface area contributed by atoms with Gasteiger partial charge >= 0.3 is 0 Å². The summed E-state index contributed by atoms with van der Waals surface area (Å²) in [6.45, 7) is 4.58. The van der Waals surface area contributed by atoms with Crippen LogP contribution in [0.4, 0.5) is 0 Å². The van der Waals surface area contributed by atoms with Crippen LogP contribution in [-0.2, 0) is 6.54 Å². The Kier molecular flexibility index (Phi) is 5.51. The van der Waals surface area contributed by atoms with E-state index in [4.69, 9.17) is 10.5 Å². The molecule has 0 amide bonds. The summed E-state index contributed by atoms with van der Waals surface area (Å²) in [7, 11) is 0. The molecule has 3 heteroatoms. The number of ether oxygens (including phenoxy) is 1. The standard InChI is InChI=1S/C10H15NO.ClH/c1-8(2)12-10-5-3-4-9(6-10)7-11;/h3-6,8H,7,11H2,1-2H3;1H. The second kappa shape index (κ2) is 5.84. The summed E-state index contributed by atoms with van der Waals surface area (Å²) in [5, 5.41) is 0. The number of rotatable bonds is 3. The third-order valence-corrected chi connectivity index (χ3v) is 1.51. The highest BCUT2D eigenvalue weighted by Gasteiger charge is 1.97. The van der Waals surface area contributed by atoms with Gasteiger partial charge in [-0.05, 0) is 31.5 Å². The van der Waals surface area contributed by atoms with Crippen molar-refractivity contribution in [1.29, 1.82) is 0 Å². The van der Waals surface area contributed by atoms with Crippen LogP contribution in [-0.4, -0.2) is 6.10 Å². The summed E-state index contributed by atoms with van der Waals surface area (Å²) in [4.78, 5) is 0. The van der Waals surface area contributed by atoms with Crippen molar-refractivity contribution in [2.24, 2.45) is 5.73 Å². The molecule has 0 saturated heterocycles. The minimum atomic E-state index is 0. The molecular formula is C10H16ClNO. The maximum Gasteiger partial charge on any atom is 0.120 e. The highest BCUT2D eigenvalue weighted by Crippen LogP contribution is 2.14. The first-order valence-corrected chi connectivity index (χ1v) is 4.18. The number of hydrogen-bond donors (Lipinski definition) is 1. The van der Waals surface area contributed by atoms with Gasteiger partial charge in [-0.15, -0.1) is 12.4 Å². The van der Waals surface area contributed by atoms with E-state index in [2.05, 4.69) is 0 Å². The van der Waals surface area contributed by atoms with E-state index in [1.807, 2.05) is 38.1 Å². The molecule has 74 valence electrons. The quantitative estimate of drug-likeness (QED) is 0.815. The van der Waals surface area contributed by atoms with Gasteiger partial charge in [-0.2, -0.15) is 0 Å². The van der Waals surface area contributed by atoms with E-state index in [-0.39, 0.29) is 18.5 Å². The van der Waals surface area contributed by atoms with Gasteiger partial charge in [0.25, 0.3) is 0 Å². The SMILES string of the molecule is CC(C)Oc1cccc(CN)c1.Cl. The van der Waals surface area contributed by atoms with Gasteiger partial charge < -0.3 is 10.5 Å². The molecule has 0 bridgehead atoms. The van der Waals surface area contributed by atoms with E-state index in [1.54, 1.807) is 0 Å². The molecule has 0 aromatic heterocycles. The Balaban J connectivity index is 0.00000144. The fraction of sp³-hybridized carbons (Fsp3) is 0.400. The molecule has 0 unspecified atom stereocenters. The van der Waals surface area contributed by atoms with E-state index >= 15 is 0 Å². The van der Waals surface area contributed by atoms with Crippen molar-refractivity contribution < 1.29 is 4.74 Å². The van der Waals surface area contributed by atoms with Crippen molar-refractivity contribution in [3.05, 3.63) is 29.8 Å². The maximum atomic E-state index is 5.50. The molecule has 0 aliphatic carbocycles. The second-order valence-corrected chi connectivity index (χ2v) is 3.02. The molecular weight excluding hydrogens is 186 g/mol. The molecule has 13 heavy (non-hydrogen) atoms. The monoisotopic (exact) mass is 201 g/mol. The molecule has 0 saturated carbocycles. The van der Waals surface area contributed by atoms with Crippen LogP contribution < -0.4 is 10.5 Å². The number of benzene rings is 1. The van der Waals surface area contributed by atoms with Crippen LogP contribution in [0.2, 0.25) is 0 Å². The van der Waals surface area contributed by atoms with Crippen molar-refractivity contribution in [2.45, 2.75) is 26.5 Å². The average molecular weight is 202 g/mol. The normalized spacial score (nSPS) is 9.54. The van der Waals surface area contributed by atoms with Gasteiger partial charge in [0.05, 0.1) is 6.10 Å². The summed E-state index contributed by atoms with van der Waals surface area (Å²) in [5.74, 6) is 0.896. The van der Waals surface area contributed by atoms with E-state index in [9.17, 15) is 0 Å². The maximum absolute atomic E-state index is 5.50. The van der Waals surface area contributed by atoms with Crippen LogP contribution in [0.15, 0.2) is 24.3 Å². The van der Waals surface area contributed by atoms with Crippen LogP contribution in [0.1, 0.15) is 19.4 Å². The van der Waals surface area contributed by atoms with Gasteiger partial charge in [-0.3, -0.25) is 0 Å². The van der Waals surface area contributed by atoms with Gasteiger partial charge in [0.1, 0.15) is 5.75 Å². The second-order valence-electron chi connectivity index (χ2n) is 3.02. The summed E-state index contributed by atoms with van der Waals surface area (Å²) in [6.07, 6.45) is 0.220. The highest BCUT2D eigenvalue weighted by atomic mass is 35.5. The van der Waals surface area contributed by atoms with Crippen molar-refractivity contribution >= 4 is 12.4 Å². The number of hydrogen-bond acceptors (Lipinski definition) is 2. The topological polar surface area (TPSA) is 35.2 Å². The molecule has 1 aromatic rings. The van der Waals surface area contributed by atoms with Crippen LogP contribution in [0.3, 0.4) is 0 Å². The molecule has 2 nitrogen and oxygen atoms in total. The molecule has 0 heterocycles. The summed E-state index contributed by atoms with van der Waals surface area (Å²) in [6, 6.07) is 7.87. The third kappa shape index (κ3) is 4.15. The lowest BCUT2D eigenvalue weighted by Gasteiger charge is -2.09. The Morgan fingerprint density at radius 2 is 2.08 bits per heavy atom. The van der Waals surface area contributed by atoms with Crippen LogP contribution in [0.5, 0.6) is 5.75 Å². The average Bonchev–Trinajstić information content (AvgIpc) is 2.03. The van der Waals surface area contributed by atoms with E-state index in [1.165, 1.54) is 0 Å². The zero-order valence-corrected chi connectivity index (χ0v) is 8.80. The van der Waals surface area contributed by atoms with Crippen molar-refractivity contribution in [2.75, 3.05) is 0 Å². The predicted molar refractivity (Wildman–Crippen MR) is 57.3 cm³/mol. The Hall–Kier alpha value is -0.730. The Morgan fingerprint density at radius 3 is 2.62 bits per heavy atom. The van der Waals surface area contributed by atoms with Crippen LogP contribution in [0, 0.1) is 0 Å². The first-order valence-electron chi connectivity index (χ1n) is 4.18. The molecule has 0 fully saturated rings. The lowest BCUT2D eigenvalue weighted by molar-refractivity contribution is 0.242. The zero-order chi connectivity index (χ0) is 8.97. The third-order valence-electron chi connectivity index (χ3n) is 1.51. The number of halogens is 1. The largest absolute Gasteiger partial charge is 0.491 e. The molecule has 0 radical (unpaired) electrons. The molecule has 2 N–H and O–H groups in total. The lowest BCUT2D eigenvalue weighted by atomic mass is 10.2. The van der Waals surface area contributed by atoms with Gasteiger partial charge in [-0.25, -0.2) is 0 Å². The summed E-state index contributed by atoms with van der Waals surface area (Å²) < 4.78 is 5.50. The van der Waals surface area contributed by atoms with Gasteiger partial charge in [-0.1, -0.05) is 12.1 Å². The fourth-order valence-corrected chi connectivity index (χ4v) is 1.02. The van der Waals surface area contributed by atoms with Crippen molar-refractivity contribution in [3.63, 3.8) is 0 Å². The zero-order valence-electron chi connectivity index (χ0n) is 7.99. The van der Waals surface area contributed by atoms with Gasteiger partial charge in [0, 0.05) is 6.54 Å². The lowest BCUT2D eigenvalue weighted by Crippen LogP contribution is -2.06. The van der Waals surface area contributed by atoms with Crippen molar-refractivity contribution in [3.8, 4) is 5.75 Å². The van der Waals surface area contributed by atoms with Gasteiger partial charge in [0.2, 0.25) is 0 Å². The molecule has 0 atom stereocenters. The number of nitrogens with two attached hydrogens (primary N) is 1.